The van der Waals surface area contributed by atoms with Gasteiger partial charge >= 0.3 is 5.97 Å². The van der Waals surface area contributed by atoms with E-state index in [-0.39, 0.29) is 24.2 Å². The molecule has 4 fully saturated rings. The normalized spacial score (nSPS) is 64.0. The third-order valence-corrected chi connectivity index (χ3v) is 7.24. The second-order valence-corrected chi connectivity index (χ2v) is 7.64. The van der Waals surface area contributed by atoms with Crippen LogP contribution in [0.1, 0.15) is 40.0 Å². The third-order valence-electron chi connectivity index (χ3n) is 7.24. The predicted octanol–water partition coefficient (Wildman–Crippen LogP) is 0.824. The second kappa shape index (κ2) is 3.23. The summed E-state index contributed by atoms with van der Waals surface area (Å²) >= 11 is 0. The van der Waals surface area contributed by atoms with E-state index in [2.05, 4.69) is 0 Å². The van der Waals surface area contributed by atoms with Crippen molar-refractivity contribution in [1.29, 1.82) is 0 Å². The number of fused-ring (bicyclic) bond motifs is 2. The molecule has 20 heavy (non-hydrogen) atoms. The highest BCUT2D eigenvalue weighted by molar-refractivity contribution is 5.75. The van der Waals surface area contributed by atoms with Crippen LogP contribution in [0.25, 0.3) is 0 Å². The smallest absolute Gasteiger partial charge is 0.307 e. The van der Waals surface area contributed by atoms with Crippen LogP contribution in [0.3, 0.4) is 0 Å². The van der Waals surface area contributed by atoms with Crippen molar-refractivity contribution in [1.82, 2.24) is 0 Å². The first-order chi connectivity index (χ1) is 9.21. The Bertz CT molecular complexity index is 506. The first-order valence-electron chi connectivity index (χ1n) is 7.47. The van der Waals surface area contributed by atoms with Crippen LogP contribution in [0, 0.1) is 22.7 Å². The van der Waals surface area contributed by atoms with E-state index in [9.17, 15) is 15.0 Å². The minimum atomic E-state index is -1.20. The molecule has 4 unspecified atom stereocenters. The number of carbonyl (C=O) groups is 1. The predicted molar refractivity (Wildman–Crippen MR) is 68.5 cm³/mol. The Labute approximate surface area is 118 Å². The summed E-state index contributed by atoms with van der Waals surface area (Å²) in [5.41, 5.74) is -1.65. The van der Waals surface area contributed by atoms with Gasteiger partial charge in [0.2, 0.25) is 0 Å². The van der Waals surface area contributed by atoms with Crippen LogP contribution in [0.5, 0.6) is 0 Å². The topological polar surface area (TPSA) is 76.0 Å². The molecule has 2 aliphatic carbocycles. The van der Waals surface area contributed by atoms with Crippen molar-refractivity contribution in [3.8, 4) is 0 Å². The number of rotatable bonds is 0. The van der Waals surface area contributed by atoms with Gasteiger partial charge in [-0.1, -0.05) is 20.8 Å². The lowest BCUT2D eigenvalue weighted by molar-refractivity contribution is -0.257. The summed E-state index contributed by atoms with van der Waals surface area (Å²) in [6.45, 7) is 6.34. The summed E-state index contributed by atoms with van der Waals surface area (Å²) in [6.07, 6.45) is 0.621. The van der Waals surface area contributed by atoms with Crippen molar-refractivity contribution in [3.63, 3.8) is 0 Å². The van der Waals surface area contributed by atoms with Crippen LogP contribution in [-0.4, -0.2) is 40.3 Å². The molecule has 2 aliphatic heterocycles. The maximum atomic E-state index is 12.1. The van der Waals surface area contributed by atoms with Gasteiger partial charge in [0.1, 0.15) is 5.60 Å². The Morgan fingerprint density at radius 1 is 1.35 bits per heavy atom. The fourth-order valence-electron chi connectivity index (χ4n) is 5.78. The van der Waals surface area contributed by atoms with Gasteiger partial charge in [-0.05, 0) is 5.92 Å². The molecule has 4 aliphatic rings. The molecule has 112 valence electrons. The standard InChI is InChI=1S/C15H22O5/c1-8-10(16)4-15-12(3)7-19-14(18,9(12)2)6-13(8,15)5-11(17)20-15/h8-10,16,18H,4-7H2,1-3H3/t8-,9-,10-,12?,13?,14?,15?/m1/s1. The maximum Gasteiger partial charge on any atom is 0.307 e. The van der Waals surface area contributed by atoms with E-state index in [0.717, 1.165) is 0 Å². The number of esters is 1. The Morgan fingerprint density at radius 2 is 2.05 bits per heavy atom. The second-order valence-electron chi connectivity index (χ2n) is 7.64. The summed E-state index contributed by atoms with van der Waals surface area (Å²) in [5, 5.41) is 21.3. The molecule has 0 amide bonds. The quantitative estimate of drug-likeness (QED) is 0.643. The molecular weight excluding hydrogens is 260 g/mol. The van der Waals surface area contributed by atoms with Gasteiger partial charge in [0, 0.05) is 29.6 Å². The van der Waals surface area contributed by atoms with Crippen LogP contribution in [0.2, 0.25) is 0 Å². The van der Waals surface area contributed by atoms with Gasteiger partial charge < -0.3 is 19.7 Å². The van der Waals surface area contributed by atoms with Crippen molar-refractivity contribution in [2.45, 2.75) is 57.5 Å². The summed E-state index contributed by atoms with van der Waals surface area (Å²) in [6, 6.07) is 0. The lowest BCUT2D eigenvalue weighted by atomic mass is 9.48. The molecule has 7 atom stereocenters. The summed E-state index contributed by atoms with van der Waals surface area (Å²) in [7, 11) is 0. The number of aliphatic hydroxyl groups is 2. The molecule has 0 aromatic carbocycles. The van der Waals surface area contributed by atoms with E-state index >= 15 is 0 Å². The number of aliphatic hydroxyl groups excluding tert-OH is 1. The highest BCUT2D eigenvalue weighted by atomic mass is 16.6. The van der Waals surface area contributed by atoms with Crippen LogP contribution in [0.15, 0.2) is 0 Å². The molecule has 0 spiro atoms. The molecule has 2 N–H and O–H groups in total. The lowest BCUT2D eigenvalue weighted by Gasteiger charge is -2.56. The Morgan fingerprint density at radius 3 is 2.75 bits per heavy atom. The van der Waals surface area contributed by atoms with Gasteiger partial charge in [0.05, 0.1) is 19.1 Å². The zero-order chi connectivity index (χ0) is 14.6. The SMILES string of the molecule is C[C@@H]1[C@H](O)CC23OC(=O)CC12CC1(O)OCC3(C)[C@H]1C. The Balaban J connectivity index is 1.97. The van der Waals surface area contributed by atoms with Crippen molar-refractivity contribution in [3.05, 3.63) is 0 Å². The minimum Gasteiger partial charge on any atom is -0.458 e. The van der Waals surface area contributed by atoms with Gasteiger partial charge in [0.15, 0.2) is 5.79 Å². The molecule has 2 heterocycles. The highest BCUT2D eigenvalue weighted by Crippen LogP contribution is 2.75. The Hall–Kier alpha value is -0.650. The maximum absolute atomic E-state index is 12.1. The van der Waals surface area contributed by atoms with E-state index in [0.29, 0.717) is 19.4 Å². The van der Waals surface area contributed by atoms with Crippen LogP contribution >= 0.6 is 0 Å². The molecule has 2 saturated heterocycles. The molecule has 2 saturated carbocycles. The average molecular weight is 282 g/mol. The van der Waals surface area contributed by atoms with E-state index < -0.39 is 28.3 Å². The zero-order valence-electron chi connectivity index (χ0n) is 12.2. The first kappa shape index (κ1) is 13.0. The fraction of sp³-hybridized carbons (Fsp3) is 0.933. The molecule has 0 aromatic rings. The Kier molecular flexibility index (Phi) is 2.11. The van der Waals surface area contributed by atoms with E-state index in [1.165, 1.54) is 0 Å². The van der Waals surface area contributed by atoms with Crippen LogP contribution in [-0.2, 0) is 14.3 Å². The van der Waals surface area contributed by atoms with Gasteiger partial charge in [-0.3, -0.25) is 4.79 Å². The van der Waals surface area contributed by atoms with Crippen LogP contribution in [0.4, 0.5) is 0 Å². The van der Waals surface area contributed by atoms with Gasteiger partial charge in [0.25, 0.3) is 0 Å². The molecule has 0 radical (unpaired) electrons. The van der Waals surface area contributed by atoms with Crippen LogP contribution < -0.4 is 0 Å². The van der Waals surface area contributed by atoms with Crippen molar-refractivity contribution >= 4 is 5.97 Å². The third kappa shape index (κ3) is 1.02. The molecule has 4 rings (SSSR count). The molecule has 5 heteroatoms. The van der Waals surface area contributed by atoms with Crippen molar-refractivity contribution in [2.24, 2.45) is 22.7 Å². The number of carbonyl (C=O) groups excluding carboxylic acids is 1. The average Bonchev–Trinajstić information content (AvgIpc) is 2.83. The number of hydrogen-bond donors (Lipinski definition) is 2. The fourth-order valence-corrected chi connectivity index (χ4v) is 5.78. The molecule has 5 nitrogen and oxygen atoms in total. The summed E-state index contributed by atoms with van der Waals surface area (Å²) in [4.78, 5) is 12.1. The van der Waals surface area contributed by atoms with Gasteiger partial charge in [-0.15, -0.1) is 0 Å². The highest BCUT2D eigenvalue weighted by Gasteiger charge is 2.83. The van der Waals surface area contributed by atoms with E-state index in [1.807, 2.05) is 20.8 Å². The molecular formula is C15H22O5. The minimum absolute atomic E-state index is 0.0750. The van der Waals surface area contributed by atoms with E-state index in [4.69, 9.17) is 9.47 Å². The van der Waals surface area contributed by atoms with Gasteiger partial charge in [-0.2, -0.15) is 0 Å². The summed E-state index contributed by atoms with van der Waals surface area (Å²) < 4.78 is 11.6. The largest absolute Gasteiger partial charge is 0.458 e. The van der Waals surface area contributed by atoms with Gasteiger partial charge in [-0.25, -0.2) is 0 Å². The van der Waals surface area contributed by atoms with E-state index in [1.54, 1.807) is 0 Å². The van der Waals surface area contributed by atoms with Crippen molar-refractivity contribution < 1.29 is 24.5 Å². The molecule has 0 aromatic heterocycles. The zero-order valence-corrected chi connectivity index (χ0v) is 12.2. The number of hydrogen-bond acceptors (Lipinski definition) is 5. The number of ether oxygens (including phenoxy) is 2. The molecule has 2 bridgehead atoms. The summed E-state index contributed by atoms with van der Waals surface area (Å²) in [5.74, 6) is -1.60. The monoisotopic (exact) mass is 282 g/mol. The first-order valence-corrected chi connectivity index (χ1v) is 7.47. The lowest BCUT2D eigenvalue weighted by Crippen LogP contribution is -2.64. The van der Waals surface area contributed by atoms with Crippen molar-refractivity contribution in [2.75, 3.05) is 6.61 Å².